The van der Waals surface area contributed by atoms with Crippen molar-refractivity contribution in [3.05, 3.63) is 84.4 Å². The molecule has 1 unspecified atom stereocenters. The predicted octanol–water partition coefficient (Wildman–Crippen LogP) is -5.86. The minimum absolute atomic E-state index is 0. The summed E-state index contributed by atoms with van der Waals surface area (Å²) in [5.74, 6) is 0. The van der Waals surface area contributed by atoms with E-state index in [2.05, 4.69) is 0 Å². The molecular formula is C22H20K3O6PS. The molecule has 1 atom stereocenters. The summed E-state index contributed by atoms with van der Waals surface area (Å²) < 4.78 is 44.1. The molecule has 11 heteroatoms. The molecule has 0 heterocycles. The molecule has 0 aliphatic carbocycles. The Morgan fingerprint density at radius 1 is 0.697 bits per heavy atom. The first-order chi connectivity index (χ1) is 14.1. The molecule has 33 heavy (non-hydrogen) atoms. The van der Waals surface area contributed by atoms with Crippen LogP contribution in [0.4, 0.5) is 0 Å². The zero-order chi connectivity index (χ0) is 21.8. The molecule has 3 rings (SSSR count). The average Bonchev–Trinajstić information content (AvgIpc) is 2.71. The van der Waals surface area contributed by atoms with Crippen LogP contribution in [0.25, 0.3) is 22.3 Å². The largest absolute Gasteiger partial charge is 1.00 e. The SMILES string of the molecule is O=P([O-])([O-])C(CCCc1ccc(-c2ccc(-c3ccccc3)cc2)cc1)S(=O)(=O)[O-].[K+].[K+].[K+]. The molecule has 0 spiro atoms. The van der Waals surface area contributed by atoms with Crippen LogP contribution < -0.4 is 164 Å². The number of benzene rings is 3. The van der Waals surface area contributed by atoms with Crippen LogP contribution in [0, 0.1) is 0 Å². The Morgan fingerprint density at radius 3 is 1.48 bits per heavy atom. The smallest absolute Gasteiger partial charge is 0.810 e. The second-order valence-corrected chi connectivity index (χ2v) is 10.6. The van der Waals surface area contributed by atoms with Crippen LogP contribution in [-0.4, -0.2) is 18.0 Å². The second-order valence-electron chi connectivity index (χ2n) is 7.02. The topological polar surface area (TPSA) is 120 Å². The second kappa shape index (κ2) is 16.6. The van der Waals surface area contributed by atoms with Gasteiger partial charge in [-0.3, -0.25) is 0 Å². The van der Waals surface area contributed by atoms with Crippen molar-refractivity contribution in [3.63, 3.8) is 0 Å². The molecular weight excluding hydrogens is 541 g/mol. The fourth-order valence-corrected chi connectivity index (χ4v) is 5.51. The van der Waals surface area contributed by atoms with Crippen LogP contribution in [0.2, 0.25) is 0 Å². The van der Waals surface area contributed by atoms with E-state index in [4.69, 9.17) is 0 Å². The third-order valence-electron chi connectivity index (χ3n) is 4.88. The molecule has 0 radical (unpaired) electrons. The Hall–Kier alpha value is 2.63. The number of hydrogen-bond donors (Lipinski definition) is 0. The molecule has 0 fully saturated rings. The van der Waals surface area contributed by atoms with Gasteiger partial charge in [0.05, 0.1) is 4.99 Å². The first kappa shape index (κ1) is 35.6. The summed E-state index contributed by atoms with van der Waals surface area (Å²) in [5.41, 5.74) is 5.15. The average molecular weight is 561 g/mol. The maximum absolute atomic E-state index is 11.0. The van der Waals surface area contributed by atoms with Gasteiger partial charge in [-0.25, -0.2) is 8.42 Å². The molecule has 0 aliphatic heterocycles. The number of aryl methyl sites for hydroxylation is 1. The third-order valence-corrected chi connectivity index (χ3v) is 8.30. The van der Waals surface area contributed by atoms with E-state index in [0.29, 0.717) is 6.42 Å². The predicted molar refractivity (Wildman–Crippen MR) is 111 cm³/mol. The fourth-order valence-electron chi connectivity index (χ4n) is 3.29. The van der Waals surface area contributed by atoms with Gasteiger partial charge >= 0.3 is 154 Å². The Balaban J connectivity index is 0.00000341. The Morgan fingerprint density at radius 2 is 1.09 bits per heavy atom. The quantitative estimate of drug-likeness (QED) is 0.154. The molecule has 0 bridgehead atoms. The number of hydrogen-bond acceptors (Lipinski definition) is 6. The summed E-state index contributed by atoms with van der Waals surface area (Å²) in [6.07, 6.45) is -0.0379. The fraction of sp³-hybridized carbons (Fsp3) is 0.182. The molecule has 0 saturated heterocycles. The van der Waals surface area contributed by atoms with E-state index in [0.717, 1.165) is 27.8 Å². The van der Waals surface area contributed by atoms with Gasteiger partial charge in [-0.15, -0.1) is 0 Å². The molecule has 0 aliphatic rings. The first-order valence-electron chi connectivity index (χ1n) is 9.36. The molecule has 3 aromatic carbocycles. The summed E-state index contributed by atoms with van der Waals surface area (Å²) in [7, 11) is -10.7. The summed E-state index contributed by atoms with van der Waals surface area (Å²) in [6, 6.07) is 25.7. The normalized spacial score (nSPS) is 12.0. The Bertz CT molecular complexity index is 1140. The van der Waals surface area contributed by atoms with Crippen molar-refractivity contribution in [3.8, 4) is 22.3 Å². The van der Waals surface area contributed by atoms with Crippen LogP contribution in [0.15, 0.2) is 78.9 Å². The van der Waals surface area contributed by atoms with Crippen molar-refractivity contribution in [1.29, 1.82) is 0 Å². The summed E-state index contributed by atoms with van der Waals surface area (Å²) in [4.78, 5) is 19.6. The standard InChI is InChI=1S/C22H23O6PS.3K/c23-29(24,25)22(30(26,27)28)8-4-5-17-9-11-19(12-10-17)21-15-13-20(14-16-21)18-6-2-1-3-7-18;;;/h1-3,6-7,9-16,22H,4-5,8H2,(H2,23,24,25)(H,26,27,28);;;/q;3*+1/p-3. The molecule has 0 aromatic heterocycles. The van der Waals surface area contributed by atoms with Crippen molar-refractivity contribution in [2.24, 2.45) is 0 Å². The molecule has 6 nitrogen and oxygen atoms in total. The Kier molecular flexibility index (Phi) is 17.9. The van der Waals surface area contributed by atoms with Crippen molar-refractivity contribution in [2.75, 3.05) is 0 Å². The molecule has 158 valence electrons. The van der Waals surface area contributed by atoms with Crippen LogP contribution in [-0.2, 0) is 21.1 Å². The monoisotopic (exact) mass is 560 g/mol. The van der Waals surface area contributed by atoms with E-state index < -0.39 is 29.1 Å². The van der Waals surface area contributed by atoms with Gasteiger partial charge in [-0.2, -0.15) is 0 Å². The van der Waals surface area contributed by atoms with Gasteiger partial charge in [0.2, 0.25) is 0 Å². The van der Waals surface area contributed by atoms with Crippen LogP contribution >= 0.6 is 7.60 Å². The minimum atomic E-state index is -5.49. The van der Waals surface area contributed by atoms with E-state index >= 15 is 0 Å². The summed E-state index contributed by atoms with van der Waals surface area (Å²) in [6.45, 7) is 0. The summed E-state index contributed by atoms with van der Waals surface area (Å²) >= 11 is 0. The van der Waals surface area contributed by atoms with Gasteiger partial charge in [0.25, 0.3) is 0 Å². The van der Waals surface area contributed by atoms with E-state index in [1.165, 1.54) is 0 Å². The van der Waals surface area contributed by atoms with E-state index in [1.54, 1.807) is 0 Å². The Labute approximate surface area is 322 Å². The molecule has 3 aromatic rings. The molecule has 0 saturated carbocycles. The maximum atomic E-state index is 11.0. The molecule has 0 N–H and O–H groups in total. The van der Waals surface area contributed by atoms with Gasteiger partial charge in [0, 0.05) is 0 Å². The van der Waals surface area contributed by atoms with Crippen LogP contribution in [0.1, 0.15) is 18.4 Å². The van der Waals surface area contributed by atoms with Crippen LogP contribution in [0.5, 0.6) is 0 Å². The minimum Gasteiger partial charge on any atom is -0.810 e. The molecule has 0 amide bonds. The van der Waals surface area contributed by atoms with Gasteiger partial charge in [0.1, 0.15) is 10.1 Å². The zero-order valence-corrected chi connectivity index (χ0v) is 30.1. The van der Waals surface area contributed by atoms with Crippen molar-refractivity contribution in [2.45, 2.75) is 24.3 Å². The van der Waals surface area contributed by atoms with Gasteiger partial charge in [-0.05, 0) is 47.1 Å². The van der Waals surface area contributed by atoms with E-state index in [1.807, 2.05) is 78.9 Å². The summed E-state index contributed by atoms with van der Waals surface area (Å²) in [5, 5.41) is 0. The van der Waals surface area contributed by atoms with E-state index in [-0.39, 0.29) is 161 Å². The zero-order valence-electron chi connectivity index (χ0n) is 19.0. The van der Waals surface area contributed by atoms with Crippen molar-refractivity contribution < 1.29 is 181 Å². The van der Waals surface area contributed by atoms with Gasteiger partial charge in [0.15, 0.2) is 0 Å². The first-order valence-corrected chi connectivity index (χ1v) is 12.4. The maximum Gasteiger partial charge on any atom is 1.00 e. The van der Waals surface area contributed by atoms with Gasteiger partial charge < -0.3 is 18.9 Å². The van der Waals surface area contributed by atoms with Crippen molar-refractivity contribution >= 4 is 17.7 Å². The number of rotatable bonds is 8. The van der Waals surface area contributed by atoms with Gasteiger partial charge in [-0.1, -0.05) is 86.5 Å². The van der Waals surface area contributed by atoms with Crippen molar-refractivity contribution in [1.82, 2.24) is 0 Å². The third kappa shape index (κ3) is 11.5. The van der Waals surface area contributed by atoms with Crippen LogP contribution in [0.3, 0.4) is 0 Å². The van der Waals surface area contributed by atoms with E-state index in [9.17, 15) is 27.3 Å².